The van der Waals surface area contributed by atoms with Crippen LogP contribution in [0.2, 0.25) is 0 Å². The summed E-state index contributed by atoms with van der Waals surface area (Å²) in [6.07, 6.45) is -0.111. The molecule has 0 aliphatic rings. The molecule has 72 valence electrons. The molecule has 0 aliphatic carbocycles. The van der Waals surface area contributed by atoms with E-state index < -0.39 is 11.5 Å². The summed E-state index contributed by atoms with van der Waals surface area (Å²) in [7, 11) is 0. The van der Waals surface area contributed by atoms with Crippen LogP contribution in [0.5, 0.6) is 0 Å². The third-order valence-corrected chi connectivity index (χ3v) is 1.95. The highest BCUT2D eigenvalue weighted by Crippen LogP contribution is 2.24. The molecule has 0 unspecified atom stereocenters. The van der Waals surface area contributed by atoms with Crippen molar-refractivity contribution in [3.8, 4) is 0 Å². The van der Waals surface area contributed by atoms with Gasteiger partial charge in [-0.15, -0.1) is 0 Å². The van der Waals surface area contributed by atoms with Crippen molar-refractivity contribution in [2.75, 3.05) is 0 Å². The fourth-order valence-corrected chi connectivity index (χ4v) is 1.10. The van der Waals surface area contributed by atoms with Crippen LogP contribution in [0, 0.1) is 0 Å². The average molecular weight is 191 g/mol. The van der Waals surface area contributed by atoms with Gasteiger partial charge in [0, 0.05) is 11.6 Å². The van der Waals surface area contributed by atoms with Crippen molar-refractivity contribution < 1.29 is 8.22 Å². The molecule has 0 amide bonds. The molecule has 0 saturated carbocycles. The van der Waals surface area contributed by atoms with E-state index in [2.05, 4.69) is 4.98 Å². The molecule has 2 aromatic rings. The quantitative estimate of drug-likeness (QED) is 0.620. The van der Waals surface area contributed by atoms with Gasteiger partial charge in [-0.25, -0.2) is 0 Å². The van der Waals surface area contributed by atoms with Crippen LogP contribution in [-0.2, 0) is 5.41 Å². The lowest BCUT2D eigenvalue weighted by molar-refractivity contribution is 0.589. The lowest BCUT2D eigenvalue weighted by Crippen LogP contribution is -2.11. The van der Waals surface area contributed by atoms with E-state index in [9.17, 15) is 0 Å². The fourth-order valence-electron chi connectivity index (χ4n) is 1.10. The van der Waals surface area contributed by atoms with E-state index in [4.69, 9.17) is 8.22 Å². The molecule has 14 heavy (non-hydrogen) atoms. The van der Waals surface area contributed by atoms with E-state index >= 15 is 0 Å². The summed E-state index contributed by atoms with van der Waals surface area (Å²) in [5, 5.41) is 0.0805. The molecule has 1 aromatic heterocycles. The van der Waals surface area contributed by atoms with Crippen LogP contribution in [0.1, 0.15) is 34.6 Å². The minimum absolute atomic E-state index is 0.0148. The van der Waals surface area contributed by atoms with Crippen molar-refractivity contribution in [3.05, 3.63) is 41.9 Å². The second-order valence-corrected chi connectivity index (χ2v) is 4.20. The van der Waals surface area contributed by atoms with Crippen molar-refractivity contribution in [1.82, 2.24) is 4.98 Å². The number of rotatable bonds is 0. The molecular weight excluding hydrogens is 170 g/mol. The first kappa shape index (κ1) is 4.43. The third kappa shape index (κ3) is 1.63. The Morgan fingerprint density at radius 1 is 1.21 bits per heavy atom. The Bertz CT molecular complexity index is 718. The zero-order valence-electron chi connectivity index (χ0n) is 14.4. The Balaban J connectivity index is 3.08. The van der Waals surface area contributed by atoms with Crippen LogP contribution in [-0.4, -0.2) is 4.98 Å². The van der Waals surface area contributed by atoms with Crippen LogP contribution in [0.4, 0.5) is 0 Å². The number of nitrogens with zero attached hydrogens (tertiary/aromatic N) is 1. The summed E-state index contributed by atoms with van der Waals surface area (Å²) >= 11 is 0. The van der Waals surface area contributed by atoms with Crippen molar-refractivity contribution in [1.29, 1.82) is 0 Å². The first-order valence-electron chi connectivity index (χ1n) is 7.45. The van der Waals surface area contributed by atoms with Gasteiger partial charge in [0.05, 0.1) is 13.7 Å². The van der Waals surface area contributed by atoms with Crippen LogP contribution < -0.4 is 0 Å². The van der Waals surface area contributed by atoms with Gasteiger partial charge in [-0.1, -0.05) is 38.9 Å². The Hall–Kier alpha value is -1.37. The number of aromatic nitrogens is 1. The summed E-state index contributed by atoms with van der Waals surface area (Å²) < 4.78 is 47.3. The van der Waals surface area contributed by atoms with Crippen molar-refractivity contribution in [3.63, 3.8) is 0 Å². The van der Waals surface area contributed by atoms with Gasteiger partial charge in [-0.05, 0) is 23.1 Å². The Kier molecular flexibility index (Phi) is 0.978. The number of hydrogen-bond acceptors (Lipinski definition) is 1. The summed E-state index contributed by atoms with van der Waals surface area (Å²) in [6, 6.07) is -1.39. The smallest absolute Gasteiger partial charge is 0.0843 e. The topological polar surface area (TPSA) is 12.9 Å². The molecule has 2 rings (SSSR count). The van der Waals surface area contributed by atoms with Gasteiger partial charge in [0.25, 0.3) is 0 Å². The van der Waals surface area contributed by atoms with Gasteiger partial charge in [-0.3, -0.25) is 4.98 Å². The van der Waals surface area contributed by atoms with E-state index in [1.165, 1.54) is 0 Å². The summed E-state index contributed by atoms with van der Waals surface area (Å²) in [4.78, 5) is 4.00. The van der Waals surface area contributed by atoms with Crippen molar-refractivity contribution >= 4 is 10.9 Å². The number of pyridine rings is 1. The summed E-state index contributed by atoms with van der Waals surface area (Å²) in [5.41, 5.74) is -0.125. The zero-order chi connectivity index (χ0) is 15.4. The SMILES string of the molecule is [2H]c1nc2c([2H])c([2H])c([2H])c([2H])c2c([2H])c1C(C)(C)C. The molecule has 1 heteroatoms. The van der Waals surface area contributed by atoms with Gasteiger partial charge < -0.3 is 0 Å². The van der Waals surface area contributed by atoms with Crippen molar-refractivity contribution in [2.45, 2.75) is 26.2 Å². The van der Waals surface area contributed by atoms with Crippen LogP contribution in [0.25, 0.3) is 10.9 Å². The maximum absolute atomic E-state index is 8.23. The Labute approximate surface area is 93.2 Å². The predicted octanol–water partition coefficient (Wildman–Crippen LogP) is 3.53. The molecule has 0 saturated heterocycles. The molecule has 1 heterocycles. The monoisotopic (exact) mass is 191 g/mol. The average Bonchev–Trinajstić information content (AvgIpc) is 2.31. The zero-order valence-corrected chi connectivity index (χ0v) is 8.45. The molecule has 0 atom stereocenters. The standard InChI is InChI=1S/C13H15N/c1-13(2,3)11-8-10-6-4-5-7-12(10)14-9-11/h4-9H,1-3H3/i4D,5D,6D,7D,8D,9D. The minimum Gasteiger partial charge on any atom is -0.256 e. The third-order valence-electron chi connectivity index (χ3n) is 1.95. The summed E-state index contributed by atoms with van der Waals surface area (Å²) in [5.74, 6) is 0. The molecule has 1 aromatic carbocycles. The Morgan fingerprint density at radius 2 is 1.93 bits per heavy atom. The first-order chi connectivity index (χ1) is 9.07. The summed E-state index contributed by atoms with van der Waals surface area (Å²) in [6.45, 7) is 5.53. The maximum atomic E-state index is 8.23. The van der Waals surface area contributed by atoms with Crippen LogP contribution >= 0.6 is 0 Å². The maximum Gasteiger partial charge on any atom is 0.0843 e. The molecule has 0 spiro atoms. The van der Waals surface area contributed by atoms with Gasteiger partial charge in [-0.2, -0.15) is 0 Å². The molecule has 1 nitrogen and oxygen atoms in total. The first-order valence-corrected chi connectivity index (χ1v) is 4.45. The molecular formula is C13H15N. The van der Waals surface area contributed by atoms with E-state index in [1.54, 1.807) is 0 Å². The van der Waals surface area contributed by atoms with Gasteiger partial charge >= 0.3 is 0 Å². The molecule has 0 N–H and O–H groups in total. The largest absolute Gasteiger partial charge is 0.256 e. The second kappa shape index (κ2) is 3.09. The highest BCUT2D eigenvalue weighted by Gasteiger charge is 2.13. The number of hydrogen-bond donors (Lipinski definition) is 0. The van der Waals surface area contributed by atoms with Crippen LogP contribution in [0.3, 0.4) is 0 Å². The van der Waals surface area contributed by atoms with Gasteiger partial charge in [0.2, 0.25) is 0 Å². The van der Waals surface area contributed by atoms with Gasteiger partial charge in [0.1, 0.15) is 0 Å². The number of para-hydroxylation sites is 1. The van der Waals surface area contributed by atoms with Crippen LogP contribution in [0.15, 0.2) is 36.4 Å². The highest BCUT2D eigenvalue weighted by atomic mass is 14.7. The fraction of sp³-hybridized carbons (Fsp3) is 0.308. The minimum atomic E-state index is -0.494. The van der Waals surface area contributed by atoms with E-state index in [1.807, 2.05) is 20.8 Å². The molecule has 0 fully saturated rings. The number of fused-ring (bicyclic) bond motifs is 1. The van der Waals surface area contributed by atoms with Gasteiger partial charge in [0.15, 0.2) is 0 Å². The lowest BCUT2D eigenvalue weighted by atomic mass is 9.88. The normalized spacial score (nSPS) is 17.9. The van der Waals surface area contributed by atoms with Crippen molar-refractivity contribution in [2.24, 2.45) is 0 Å². The molecule has 0 aliphatic heterocycles. The molecule has 0 radical (unpaired) electrons. The predicted molar refractivity (Wildman–Crippen MR) is 60.4 cm³/mol. The van der Waals surface area contributed by atoms with E-state index in [0.717, 1.165) is 0 Å². The Morgan fingerprint density at radius 3 is 2.64 bits per heavy atom. The van der Waals surface area contributed by atoms with E-state index in [0.29, 0.717) is 5.56 Å². The van der Waals surface area contributed by atoms with E-state index in [-0.39, 0.29) is 41.2 Å². The number of benzene rings is 1. The second-order valence-electron chi connectivity index (χ2n) is 4.20. The highest BCUT2D eigenvalue weighted by molar-refractivity contribution is 5.78. The molecule has 0 bridgehead atoms. The lowest BCUT2D eigenvalue weighted by Gasteiger charge is -2.18.